The number of rotatable bonds is 11. The van der Waals surface area contributed by atoms with Gasteiger partial charge in [0.2, 0.25) is 0 Å². The molecule has 0 N–H and O–H groups in total. The molecule has 52 heavy (non-hydrogen) atoms. The summed E-state index contributed by atoms with van der Waals surface area (Å²) >= 11 is 0. The van der Waals surface area contributed by atoms with E-state index in [-0.39, 0.29) is 52.1 Å². The van der Waals surface area contributed by atoms with Crippen LogP contribution < -0.4 is 13.1 Å². The number of carbonyl (C=O) groups excluding carboxylic acids is 2. The largest absolute Gasteiger partial charge is 0.487 e. The standard InChI is InChI=1S/C39H35NO10S2/c1-25-10-16-32(17-11-25)51(43,44)49-34-21-35(50-52(45,46)33-18-12-26(2)13-19-33)36(37(27(34)3)48-24-28-8-6-5-7-9-28)38(41)40-22-30-15-14-29(39(42)47-4)20-31(30)23-40/h5-21H,22-24H2,1-4H3. The van der Waals surface area contributed by atoms with Crippen molar-refractivity contribution in [2.24, 2.45) is 0 Å². The highest BCUT2D eigenvalue weighted by atomic mass is 32.2. The first-order valence-corrected chi connectivity index (χ1v) is 18.9. The number of fused-ring (bicyclic) bond motifs is 1. The lowest BCUT2D eigenvalue weighted by molar-refractivity contribution is 0.0600. The molecule has 1 amide bonds. The smallest absolute Gasteiger partial charge is 0.339 e. The molecule has 0 bridgehead atoms. The summed E-state index contributed by atoms with van der Waals surface area (Å²) in [5.41, 5.74) is 3.98. The van der Waals surface area contributed by atoms with E-state index in [9.17, 15) is 26.4 Å². The van der Waals surface area contributed by atoms with Gasteiger partial charge in [-0.05, 0) is 73.9 Å². The number of hydrogen-bond donors (Lipinski definition) is 0. The van der Waals surface area contributed by atoms with Crippen LogP contribution in [-0.2, 0) is 44.7 Å². The van der Waals surface area contributed by atoms with Gasteiger partial charge in [-0.1, -0.05) is 71.8 Å². The molecular weight excluding hydrogens is 707 g/mol. The second kappa shape index (κ2) is 14.5. The van der Waals surface area contributed by atoms with E-state index in [4.69, 9.17) is 17.8 Å². The van der Waals surface area contributed by atoms with Crippen LogP contribution in [0.1, 0.15) is 54.1 Å². The van der Waals surface area contributed by atoms with Crippen molar-refractivity contribution in [1.82, 2.24) is 4.90 Å². The molecule has 5 aromatic rings. The van der Waals surface area contributed by atoms with Gasteiger partial charge in [-0.15, -0.1) is 0 Å². The van der Waals surface area contributed by atoms with Crippen molar-refractivity contribution in [3.8, 4) is 17.2 Å². The molecule has 1 aliphatic rings. The highest BCUT2D eigenvalue weighted by Gasteiger charge is 2.35. The van der Waals surface area contributed by atoms with Crippen molar-refractivity contribution in [2.45, 2.75) is 50.3 Å². The minimum atomic E-state index is -4.58. The van der Waals surface area contributed by atoms with Crippen molar-refractivity contribution in [3.63, 3.8) is 0 Å². The monoisotopic (exact) mass is 741 g/mol. The number of hydrogen-bond acceptors (Lipinski definition) is 10. The molecule has 0 saturated carbocycles. The molecule has 0 atom stereocenters. The lowest BCUT2D eigenvalue weighted by Crippen LogP contribution is -2.27. The number of nitrogens with zero attached hydrogens (tertiary/aromatic N) is 1. The molecule has 11 nitrogen and oxygen atoms in total. The third kappa shape index (κ3) is 7.65. The number of amides is 1. The van der Waals surface area contributed by atoms with Gasteiger partial charge < -0.3 is 22.7 Å². The predicted molar refractivity (Wildman–Crippen MR) is 191 cm³/mol. The van der Waals surface area contributed by atoms with Crippen LogP contribution in [0.15, 0.2) is 113 Å². The van der Waals surface area contributed by atoms with Crippen molar-refractivity contribution < 1.29 is 44.3 Å². The fourth-order valence-electron chi connectivity index (χ4n) is 5.66. The third-order valence-corrected chi connectivity index (χ3v) is 11.0. The maximum absolute atomic E-state index is 14.6. The van der Waals surface area contributed by atoms with Gasteiger partial charge in [0.15, 0.2) is 11.5 Å². The predicted octanol–water partition coefficient (Wildman–Crippen LogP) is 6.67. The zero-order valence-corrected chi connectivity index (χ0v) is 30.4. The maximum atomic E-state index is 14.6. The van der Waals surface area contributed by atoms with Crippen LogP contribution in [0.4, 0.5) is 0 Å². The fraction of sp³-hybridized carbons (Fsp3) is 0.179. The normalized spacial score (nSPS) is 12.6. The van der Waals surface area contributed by atoms with Crippen LogP contribution in [0.3, 0.4) is 0 Å². The van der Waals surface area contributed by atoms with Gasteiger partial charge >= 0.3 is 26.2 Å². The van der Waals surface area contributed by atoms with Gasteiger partial charge in [-0.2, -0.15) is 16.8 Å². The van der Waals surface area contributed by atoms with Crippen molar-refractivity contribution in [2.75, 3.05) is 7.11 Å². The van der Waals surface area contributed by atoms with Gasteiger partial charge in [0.25, 0.3) is 5.91 Å². The van der Waals surface area contributed by atoms with Gasteiger partial charge in [0.05, 0.1) is 12.7 Å². The van der Waals surface area contributed by atoms with Crippen LogP contribution in [0, 0.1) is 20.8 Å². The highest BCUT2D eigenvalue weighted by Crippen LogP contribution is 2.43. The molecule has 0 unspecified atom stereocenters. The van der Waals surface area contributed by atoms with E-state index >= 15 is 0 Å². The topological polar surface area (TPSA) is 143 Å². The summed E-state index contributed by atoms with van der Waals surface area (Å²) in [5, 5.41) is 0. The summed E-state index contributed by atoms with van der Waals surface area (Å²) in [6.45, 7) is 5.24. The SMILES string of the molecule is COC(=O)c1ccc2c(c1)CN(C(=O)c1c(OS(=O)(=O)c3ccc(C)cc3)cc(OS(=O)(=O)c3ccc(C)cc3)c(C)c1OCc1ccccc1)C2. The molecule has 0 radical (unpaired) electrons. The van der Waals surface area contributed by atoms with E-state index < -0.39 is 37.9 Å². The average Bonchev–Trinajstić information content (AvgIpc) is 3.56. The number of methoxy groups -OCH3 is 1. The number of benzene rings is 5. The van der Waals surface area contributed by atoms with Crippen molar-refractivity contribution in [3.05, 3.63) is 148 Å². The molecule has 0 aromatic heterocycles. The lowest BCUT2D eigenvalue weighted by atomic mass is 10.1. The number of esters is 1. The molecule has 0 spiro atoms. The maximum Gasteiger partial charge on any atom is 0.339 e. The molecule has 0 aliphatic carbocycles. The second-order valence-electron chi connectivity index (χ2n) is 12.3. The van der Waals surface area contributed by atoms with Gasteiger partial charge in [0, 0.05) is 24.7 Å². The third-order valence-electron chi connectivity index (χ3n) is 8.54. The van der Waals surface area contributed by atoms with Crippen molar-refractivity contribution in [1.29, 1.82) is 0 Å². The Bertz CT molecular complexity index is 2380. The van der Waals surface area contributed by atoms with Crippen LogP contribution in [0.2, 0.25) is 0 Å². The van der Waals surface area contributed by atoms with E-state index in [0.717, 1.165) is 28.3 Å². The molecule has 268 valence electrons. The van der Waals surface area contributed by atoms with Gasteiger partial charge in [-0.3, -0.25) is 4.79 Å². The quantitative estimate of drug-likeness (QED) is 0.106. The zero-order chi connectivity index (χ0) is 37.2. The van der Waals surface area contributed by atoms with Crippen LogP contribution >= 0.6 is 0 Å². The number of ether oxygens (including phenoxy) is 2. The van der Waals surface area contributed by atoms with Gasteiger partial charge in [-0.25, -0.2) is 4.79 Å². The lowest BCUT2D eigenvalue weighted by Gasteiger charge is -2.23. The van der Waals surface area contributed by atoms with Gasteiger partial charge in [0.1, 0.15) is 27.7 Å². The van der Waals surface area contributed by atoms with E-state index in [1.54, 1.807) is 73.7 Å². The van der Waals surface area contributed by atoms with E-state index in [0.29, 0.717) is 11.1 Å². The Morgan fingerprint density at radius 2 is 1.23 bits per heavy atom. The van der Waals surface area contributed by atoms with Crippen LogP contribution in [-0.4, -0.2) is 40.7 Å². The summed E-state index contributed by atoms with van der Waals surface area (Å²) in [5.74, 6) is -2.14. The summed E-state index contributed by atoms with van der Waals surface area (Å²) in [6, 6.07) is 27.0. The Hall–Kier alpha value is -5.66. The fourth-order valence-corrected chi connectivity index (χ4v) is 7.57. The summed E-state index contributed by atoms with van der Waals surface area (Å²) in [7, 11) is -7.75. The first kappa shape index (κ1) is 36.1. The van der Waals surface area contributed by atoms with Crippen LogP contribution in [0.25, 0.3) is 0 Å². The summed E-state index contributed by atoms with van der Waals surface area (Å²) < 4.78 is 77.0. The molecule has 13 heteroatoms. The Balaban J connectivity index is 1.50. The Labute approximate surface area is 302 Å². The van der Waals surface area contributed by atoms with Crippen LogP contribution in [0.5, 0.6) is 17.2 Å². The molecule has 6 rings (SSSR count). The Kier molecular flexibility index (Phi) is 10.1. The molecule has 0 saturated heterocycles. The molecular formula is C39H35NO10S2. The van der Waals surface area contributed by atoms with Crippen molar-refractivity contribution >= 4 is 32.1 Å². The zero-order valence-electron chi connectivity index (χ0n) is 28.8. The Morgan fingerprint density at radius 3 is 1.81 bits per heavy atom. The summed E-state index contributed by atoms with van der Waals surface area (Å²) in [4.78, 5) is 28.0. The first-order valence-electron chi connectivity index (χ1n) is 16.1. The molecule has 1 heterocycles. The number of aryl methyl sites for hydroxylation is 2. The van der Waals surface area contributed by atoms with E-state index in [1.807, 2.05) is 13.0 Å². The molecule has 0 fully saturated rings. The summed E-state index contributed by atoms with van der Waals surface area (Å²) in [6.07, 6.45) is 0. The highest BCUT2D eigenvalue weighted by molar-refractivity contribution is 7.87. The minimum Gasteiger partial charge on any atom is -0.487 e. The number of carbonyl (C=O) groups is 2. The average molecular weight is 742 g/mol. The molecule has 1 aliphatic heterocycles. The Morgan fingerprint density at radius 1 is 0.673 bits per heavy atom. The first-order chi connectivity index (χ1) is 24.8. The second-order valence-corrected chi connectivity index (χ2v) is 15.4. The van der Waals surface area contributed by atoms with E-state index in [2.05, 4.69) is 0 Å². The van der Waals surface area contributed by atoms with E-state index in [1.165, 1.54) is 43.2 Å². The molecule has 5 aromatic carbocycles. The minimum absolute atomic E-state index is 0.0665.